The summed E-state index contributed by atoms with van der Waals surface area (Å²) in [5, 5.41) is 15.8. The van der Waals surface area contributed by atoms with Gasteiger partial charge < -0.3 is 10.6 Å². The smallest absolute Gasteiger partial charge is 0.293 e. The highest BCUT2D eigenvalue weighted by atomic mass is 79.9. The topological polar surface area (TPSA) is 88.8 Å². The van der Waals surface area contributed by atoms with Crippen molar-refractivity contribution in [1.29, 1.82) is 0 Å². The van der Waals surface area contributed by atoms with Gasteiger partial charge in [0.1, 0.15) is 11.7 Å². The zero-order chi connectivity index (χ0) is 18.4. The van der Waals surface area contributed by atoms with E-state index < -0.39 is 4.92 Å². The molecule has 0 unspecified atom stereocenters. The zero-order valence-electron chi connectivity index (χ0n) is 14.2. The number of rotatable bonds is 7. The Morgan fingerprint density at radius 3 is 2.56 bits per heavy atom. The molecule has 3 N–H and O–H groups in total. The minimum absolute atomic E-state index is 0.0895. The van der Waals surface area contributed by atoms with Crippen molar-refractivity contribution in [3.05, 3.63) is 68.2 Å². The van der Waals surface area contributed by atoms with Crippen LogP contribution >= 0.6 is 15.9 Å². The number of amides is 1. The average molecular weight is 407 g/mol. The van der Waals surface area contributed by atoms with E-state index in [2.05, 4.69) is 28.2 Å². The third-order valence-electron chi connectivity index (χ3n) is 4.04. The molecule has 0 aliphatic carbocycles. The van der Waals surface area contributed by atoms with Crippen LogP contribution < -0.4 is 10.6 Å². The number of aryl methyl sites for hydroxylation is 1. The predicted molar refractivity (Wildman–Crippen MR) is 100 cm³/mol. The summed E-state index contributed by atoms with van der Waals surface area (Å²) in [6.45, 7) is 4.00. The van der Waals surface area contributed by atoms with E-state index in [1.807, 2.05) is 29.6 Å². The van der Waals surface area contributed by atoms with Crippen molar-refractivity contribution in [2.75, 3.05) is 11.9 Å². The average Bonchev–Trinajstić information content (AvgIpc) is 2.58. The number of anilines is 1. The Balaban J connectivity index is 2.03. The van der Waals surface area contributed by atoms with Gasteiger partial charge in [-0.2, -0.15) is 0 Å². The Kier molecular flexibility index (Phi) is 6.66. The third kappa shape index (κ3) is 5.11. The molecule has 0 bridgehead atoms. The Morgan fingerprint density at radius 2 is 1.96 bits per heavy atom. The number of nitro benzene ring substituents is 1. The number of nitrogens with two attached hydrogens (primary N) is 1. The maximum atomic E-state index is 12.3. The van der Waals surface area contributed by atoms with E-state index in [0.717, 1.165) is 16.5 Å². The first kappa shape index (κ1) is 19.1. The summed E-state index contributed by atoms with van der Waals surface area (Å²) in [4.78, 5) is 22.9. The first-order chi connectivity index (χ1) is 11.9. The predicted octanol–water partition coefficient (Wildman–Crippen LogP) is 3.32. The van der Waals surface area contributed by atoms with Gasteiger partial charge in [-0.3, -0.25) is 14.9 Å². The van der Waals surface area contributed by atoms with Crippen LogP contribution in [-0.2, 0) is 4.79 Å². The maximum absolute atomic E-state index is 12.3. The monoisotopic (exact) mass is 406 g/mol. The number of quaternary nitrogens is 1. The SMILES string of the molecule is CC[C@H]([NH2+]CC(=O)Nc1c(C)cccc1[N+](=O)[O-])c1ccc(Br)cc1. The molecule has 0 saturated carbocycles. The van der Waals surface area contributed by atoms with Gasteiger partial charge in [0.15, 0.2) is 6.54 Å². The van der Waals surface area contributed by atoms with Crippen LogP contribution in [0.2, 0.25) is 0 Å². The molecule has 25 heavy (non-hydrogen) atoms. The summed E-state index contributed by atoms with van der Waals surface area (Å²) < 4.78 is 1.01. The number of nitro groups is 1. The number of para-hydroxylation sites is 1. The van der Waals surface area contributed by atoms with Crippen molar-refractivity contribution >= 4 is 33.2 Å². The number of halogens is 1. The molecule has 0 aliphatic heterocycles. The summed E-state index contributed by atoms with van der Waals surface area (Å²) >= 11 is 3.41. The number of carbonyl (C=O) groups is 1. The van der Waals surface area contributed by atoms with Crippen molar-refractivity contribution < 1.29 is 15.0 Å². The number of hydrogen-bond donors (Lipinski definition) is 2. The number of nitrogens with zero attached hydrogens (tertiary/aromatic N) is 1. The highest BCUT2D eigenvalue weighted by Crippen LogP contribution is 2.27. The van der Waals surface area contributed by atoms with E-state index in [1.165, 1.54) is 6.07 Å². The van der Waals surface area contributed by atoms with Crippen LogP contribution in [0.25, 0.3) is 0 Å². The van der Waals surface area contributed by atoms with E-state index in [9.17, 15) is 14.9 Å². The van der Waals surface area contributed by atoms with E-state index in [-0.39, 0.29) is 29.9 Å². The number of hydrogen-bond acceptors (Lipinski definition) is 3. The molecule has 0 saturated heterocycles. The van der Waals surface area contributed by atoms with Crippen molar-refractivity contribution in [2.24, 2.45) is 0 Å². The van der Waals surface area contributed by atoms with Crippen molar-refractivity contribution in [2.45, 2.75) is 26.3 Å². The first-order valence-electron chi connectivity index (χ1n) is 8.05. The second-order valence-corrected chi connectivity index (χ2v) is 6.70. The van der Waals surface area contributed by atoms with Gasteiger partial charge in [0.05, 0.1) is 4.92 Å². The van der Waals surface area contributed by atoms with E-state index in [4.69, 9.17) is 0 Å². The van der Waals surface area contributed by atoms with Crippen LogP contribution in [0.1, 0.15) is 30.5 Å². The molecule has 6 nitrogen and oxygen atoms in total. The van der Waals surface area contributed by atoms with Gasteiger partial charge in [0, 0.05) is 22.5 Å². The van der Waals surface area contributed by atoms with Gasteiger partial charge in [-0.25, -0.2) is 0 Å². The van der Waals surface area contributed by atoms with Gasteiger partial charge in [-0.1, -0.05) is 47.1 Å². The van der Waals surface area contributed by atoms with Gasteiger partial charge in [-0.15, -0.1) is 0 Å². The second kappa shape index (κ2) is 8.73. The molecule has 1 amide bonds. The van der Waals surface area contributed by atoms with Crippen LogP contribution in [0.15, 0.2) is 46.9 Å². The summed E-state index contributed by atoms with van der Waals surface area (Å²) in [6.07, 6.45) is 0.874. The van der Waals surface area contributed by atoms with Crippen molar-refractivity contribution in [3.8, 4) is 0 Å². The quantitative estimate of drug-likeness (QED) is 0.545. The Hall–Kier alpha value is -2.25. The fourth-order valence-corrected chi connectivity index (χ4v) is 2.92. The molecule has 0 spiro atoms. The molecule has 0 radical (unpaired) electrons. The normalized spacial score (nSPS) is 11.8. The van der Waals surface area contributed by atoms with Gasteiger partial charge in [0.2, 0.25) is 0 Å². The fraction of sp³-hybridized carbons (Fsp3) is 0.278. The third-order valence-corrected chi connectivity index (χ3v) is 4.57. The van der Waals surface area contributed by atoms with E-state index in [0.29, 0.717) is 5.56 Å². The summed E-state index contributed by atoms with van der Waals surface area (Å²) in [5.74, 6) is -0.257. The van der Waals surface area contributed by atoms with Crippen LogP contribution in [0, 0.1) is 17.0 Å². The van der Waals surface area contributed by atoms with Crippen LogP contribution in [0.5, 0.6) is 0 Å². The minimum Gasteiger partial charge on any atom is -0.332 e. The Morgan fingerprint density at radius 1 is 1.28 bits per heavy atom. The van der Waals surface area contributed by atoms with Crippen LogP contribution in [-0.4, -0.2) is 17.4 Å². The standard InChI is InChI=1S/C18H20BrN3O3/c1-3-15(13-7-9-14(19)10-8-13)20-11-17(23)21-18-12(2)5-4-6-16(18)22(24)25/h4-10,15,20H,3,11H2,1-2H3,(H,21,23)/p+1/t15-/m0/s1. The summed E-state index contributed by atoms with van der Waals surface area (Å²) in [7, 11) is 0. The lowest BCUT2D eigenvalue weighted by Gasteiger charge is -2.14. The molecule has 0 heterocycles. The van der Waals surface area contributed by atoms with Crippen molar-refractivity contribution in [3.63, 3.8) is 0 Å². The fourth-order valence-electron chi connectivity index (χ4n) is 2.66. The zero-order valence-corrected chi connectivity index (χ0v) is 15.7. The molecule has 7 heteroatoms. The lowest BCUT2D eigenvalue weighted by atomic mass is 10.0. The Bertz CT molecular complexity index is 763. The molecule has 2 rings (SSSR count). The molecule has 0 aliphatic rings. The molecular formula is C18H21BrN3O3+. The maximum Gasteiger partial charge on any atom is 0.293 e. The van der Waals surface area contributed by atoms with E-state index >= 15 is 0 Å². The molecule has 1 atom stereocenters. The first-order valence-corrected chi connectivity index (χ1v) is 8.84. The molecule has 2 aromatic rings. The Labute approximate surface area is 154 Å². The molecular weight excluding hydrogens is 386 g/mol. The number of carbonyl (C=O) groups excluding carboxylic acids is 1. The van der Waals surface area contributed by atoms with Crippen molar-refractivity contribution in [1.82, 2.24) is 0 Å². The second-order valence-electron chi connectivity index (χ2n) is 5.78. The van der Waals surface area contributed by atoms with E-state index in [1.54, 1.807) is 19.1 Å². The highest BCUT2D eigenvalue weighted by Gasteiger charge is 2.20. The minimum atomic E-state index is -0.483. The largest absolute Gasteiger partial charge is 0.332 e. The van der Waals surface area contributed by atoms with Gasteiger partial charge in [0.25, 0.3) is 11.6 Å². The number of benzene rings is 2. The van der Waals surface area contributed by atoms with Gasteiger partial charge >= 0.3 is 0 Å². The molecule has 132 valence electrons. The van der Waals surface area contributed by atoms with Crippen LogP contribution in [0.3, 0.4) is 0 Å². The van der Waals surface area contributed by atoms with Crippen LogP contribution in [0.4, 0.5) is 11.4 Å². The summed E-state index contributed by atoms with van der Waals surface area (Å²) in [6, 6.07) is 12.9. The molecule has 2 aromatic carbocycles. The number of nitrogens with one attached hydrogen (secondary N) is 1. The lowest BCUT2D eigenvalue weighted by Crippen LogP contribution is -2.87. The molecule has 0 aromatic heterocycles. The lowest BCUT2D eigenvalue weighted by molar-refractivity contribution is -0.686. The summed E-state index contributed by atoms with van der Waals surface area (Å²) in [5.41, 5.74) is 1.98. The molecule has 0 fully saturated rings. The van der Waals surface area contributed by atoms with Gasteiger partial charge in [-0.05, 0) is 24.6 Å². The highest BCUT2D eigenvalue weighted by molar-refractivity contribution is 9.10.